The Labute approximate surface area is 106 Å². The molecule has 0 bridgehead atoms. The van der Waals surface area contributed by atoms with Gasteiger partial charge in [-0.3, -0.25) is 0 Å². The molecule has 0 aromatic rings. The number of aliphatic carboxylic acids is 1. The van der Waals surface area contributed by atoms with Crippen molar-refractivity contribution < 1.29 is 34.4 Å². The van der Waals surface area contributed by atoms with Crippen LogP contribution in [0.4, 0.5) is 0 Å². The smallest absolute Gasteiger partial charge is 0.329 e. The van der Waals surface area contributed by atoms with Crippen LogP contribution < -0.4 is 0 Å². The number of hydrogen-bond acceptors (Lipinski definition) is 6. The second-order valence-electron chi connectivity index (χ2n) is 2.33. The second kappa shape index (κ2) is 20.7. The molecule has 0 aliphatic rings. The summed E-state index contributed by atoms with van der Waals surface area (Å²) in [6.45, 7) is 6.81. The molecule has 0 aromatic heterocycles. The molecule has 0 atom stereocenters. The molecule has 0 saturated carbocycles. The van der Waals surface area contributed by atoms with Gasteiger partial charge < -0.3 is 24.8 Å². The van der Waals surface area contributed by atoms with Crippen LogP contribution in [0.15, 0.2) is 25.3 Å². The van der Waals surface area contributed by atoms with Gasteiger partial charge in [-0.25, -0.2) is 9.59 Å². The molecule has 0 unspecified atom stereocenters. The SMILES string of the molecule is C=CC(=O)O.C=CC(=O)OC.OCCOCCO. The number of carboxylic acids is 1. The predicted octanol–water partition coefficient (Wildman–Crippen LogP) is -0.410. The topological polar surface area (TPSA) is 113 Å². The van der Waals surface area contributed by atoms with E-state index in [2.05, 4.69) is 22.6 Å². The molecule has 0 spiro atoms. The first-order valence-corrected chi connectivity index (χ1v) is 4.85. The van der Waals surface area contributed by atoms with E-state index < -0.39 is 11.9 Å². The highest BCUT2D eigenvalue weighted by atomic mass is 16.5. The van der Waals surface area contributed by atoms with Crippen LogP contribution in [-0.4, -0.2) is 60.8 Å². The van der Waals surface area contributed by atoms with Gasteiger partial charge >= 0.3 is 11.9 Å². The highest BCUT2D eigenvalue weighted by molar-refractivity contribution is 5.80. The van der Waals surface area contributed by atoms with Gasteiger partial charge in [-0.15, -0.1) is 0 Å². The molecule has 0 saturated heterocycles. The van der Waals surface area contributed by atoms with Crippen molar-refractivity contribution in [2.75, 3.05) is 33.5 Å². The fraction of sp³-hybridized carbons (Fsp3) is 0.455. The Morgan fingerprint density at radius 1 is 1.11 bits per heavy atom. The summed E-state index contributed by atoms with van der Waals surface area (Å²) >= 11 is 0. The number of methoxy groups -OCH3 is 1. The van der Waals surface area contributed by atoms with E-state index in [0.717, 1.165) is 12.2 Å². The summed E-state index contributed by atoms with van der Waals surface area (Å²) in [4.78, 5) is 19.1. The third-order valence-corrected chi connectivity index (χ3v) is 1.01. The molecular weight excluding hydrogens is 244 g/mol. The normalized spacial score (nSPS) is 7.72. The molecule has 106 valence electrons. The van der Waals surface area contributed by atoms with E-state index in [1.165, 1.54) is 7.11 Å². The number of carboxylic acid groups (broad SMARTS) is 1. The van der Waals surface area contributed by atoms with Crippen LogP contribution >= 0.6 is 0 Å². The minimum atomic E-state index is -0.981. The van der Waals surface area contributed by atoms with E-state index in [1.54, 1.807) is 0 Å². The quantitative estimate of drug-likeness (QED) is 0.339. The third-order valence-electron chi connectivity index (χ3n) is 1.01. The molecule has 0 aliphatic heterocycles. The molecule has 7 nitrogen and oxygen atoms in total. The average molecular weight is 264 g/mol. The lowest BCUT2D eigenvalue weighted by Crippen LogP contribution is -2.03. The molecule has 0 aromatic carbocycles. The summed E-state index contributed by atoms with van der Waals surface area (Å²) in [5.74, 6) is -1.37. The molecule has 7 heteroatoms. The maximum Gasteiger partial charge on any atom is 0.329 e. The van der Waals surface area contributed by atoms with Gasteiger partial charge in [-0.05, 0) is 0 Å². The van der Waals surface area contributed by atoms with Gasteiger partial charge in [0.1, 0.15) is 0 Å². The van der Waals surface area contributed by atoms with E-state index in [0.29, 0.717) is 13.2 Å². The summed E-state index contributed by atoms with van der Waals surface area (Å²) in [6, 6.07) is 0. The Hall–Kier alpha value is -1.70. The molecule has 3 N–H and O–H groups in total. The Kier molecular flexibility index (Phi) is 24.8. The molecule has 18 heavy (non-hydrogen) atoms. The number of ether oxygens (including phenoxy) is 2. The van der Waals surface area contributed by atoms with Crippen molar-refractivity contribution in [1.29, 1.82) is 0 Å². The van der Waals surface area contributed by atoms with Crippen LogP contribution in [0.25, 0.3) is 0 Å². The van der Waals surface area contributed by atoms with Crippen LogP contribution in [0, 0.1) is 0 Å². The lowest BCUT2D eigenvalue weighted by Gasteiger charge is -1.94. The summed E-state index contributed by atoms with van der Waals surface area (Å²) < 4.78 is 8.77. The number of esters is 1. The van der Waals surface area contributed by atoms with Crippen molar-refractivity contribution in [3.05, 3.63) is 25.3 Å². The van der Waals surface area contributed by atoms with Gasteiger partial charge in [0.05, 0.1) is 33.5 Å². The second-order valence-corrected chi connectivity index (χ2v) is 2.33. The lowest BCUT2D eigenvalue weighted by molar-refractivity contribution is -0.135. The van der Waals surface area contributed by atoms with Gasteiger partial charge in [0.25, 0.3) is 0 Å². The Morgan fingerprint density at radius 3 is 1.61 bits per heavy atom. The fourth-order valence-electron chi connectivity index (χ4n) is 0.314. The molecule has 0 fully saturated rings. The summed E-state index contributed by atoms with van der Waals surface area (Å²) in [5.41, 5.74) is 0. The number of hydrogen-bond donors (Lipinski definition) is 3. The number of aliphatic hydroxyl groups is 2. The van der Waals surface area contributed by atoms with E-state index in [-0.39, 0.29) is 13.2 Å². The zero-order valence-corrected chi connectivity index (χ0v) is 10.4. The molecular formula is C11H20O7. The first-order chi connectivity index (χ1) is 8.49. The highest BCUT2D eigenvalue weighted by Crippen LogP contribution is 1.68. The van der Waals surface area contributed by atoms with Crippen molar-refractivity contribution >= 4 is 11.9 Å². The maximum atomic E-state index is 9.84. The maximum absolute atomic E-state index is 9.84. The molecule has 0 heterocycles. The van der Waals surface area contributed by atoms with Gasteiger partial charge in [0, 0.05) is 12.2 Å². The Balaban J connectivity index is -0.000000190. The largest absolute Gasteiger partial charge is 0.478 e. The minimum absolute atomic E-state index is 0.0278. The Bertz CT molecular complexity index is 221. The van der Waals surface area contributed by atoms with Gasteiger partial charge in [0.2, 0.25) is 0 Å². The minimum Gasteiger partial charge on any atom is -0.478 e. The predicted molar refractivity (Wildman–Crippen MR) is 65.0 cm³/mol. The standard InChI is InChI=1S/C4H10O3.C4H6O2.C3H4O2/c5-1-3-7-4-2-6;1-3-4(5)6-2;1-2-3(4)5/h5-6H,1-4H2;3H,1H2,2H3;2H,1H2,(H,4,5). The van der Waals surface area contributed by atoms with Crippen molar-refractivity contribution in [2.45, 2.75) is 0 Å². The van der Waals surface area contributed by atoms with E-state index in [1.807, 2.05) is 0 Å². The molecule has 0 amide bonds. The van der Waals surface area contributed by atoms with Crippen LogP contribution in [0.1, 0.15) is 0 Å². The average Bonchev–Trinajstić information content (AvgIpc) is 2.39. The monoisotopic (exact) mass is 264 g/mol. The van der Waals surface area contributed by atoms with Crippen molar-refractivity contribution in [2.24, 2.45) is 0 Å². The summed E-state index contributed by atoms with van der Waals surface area (Å²) in [7, 11) is 1.31. The zero-order valence-electron chi connectivity index (χ0n) is 10.4. The van der Waals surface area contributed by atoms with Crippen LogP contribution in [0.5, 0.6) is 0 Å². The van der Waals surface area contributed by atoms with Crippen LogP contribution in [0.2, 0.25) is 0 Å². The van der Waals surface area contributed by atoms with Gasteiger partial charge in [-0.2, -0.15) is 0 Å². The zero-order chi connectivity index (χ0) is 14.8. The number of aliphatic hydroxyl groups excluding tert-OH is 2. The van der Waals surface area contributed by atoms with E-state index in [9.17, 15) is 9.59 Å². The first kappa shape index (κ1) is 21.6. The molecule has 0 radical (unpaired) electrons. The fourth-order valence-corrected chi connectivity index (χ4v) is 0.314. The van der Waals surface area contributed by atoms with Crippen LogP contribution in [-0.2, 0) is 19.1 Å². The first-order valence-electron chi connectivity index (χ1n) is 4.85. The number of rotatable bonds is 6. The van der Waals surface area contributed by atoms with E-state index in [4.69, 9.17) is 15.3 Å². The van der Waals surface area contributed by atoms with Gasteiger partial charge in [0.15, 0.2) is 0 Å². The molecule has 0 aliphatic carbocycles. The van der Waals surface area contributed by atoms with Crippen molar-refractivity contribution in [1.82, 2.24) is 0 Å². The van der Waals surface area contributed by atoms with Crippen molar-refractivity contribution in [3.63, 3.8) is 0 Å². The molecule has 0 rings (SSSR count). The summed E-state index contributed by atoms with van der Waals surface area (Å²) in [5, 5.41) is 23.8. The third kappa shape index (κ3) is 36.7. The van der Waals surface area contributed by atoms with Gasteiger partial charge in [-0.1, -0.05) is 13.2 Å². The van der Waals surface area contributed by atoms with Crippen molar-refractivity contribution in [3.8, 4) is 0 Å². The summed E-state index contributed by atoms with van der Waals surface area (Å²) in [6.07, 6.45) is 1.94. The highest BCUT2D eigenvalue weighted by Gasteiger charge is 1.82. The Morgan fingerprint density at radius 2 is 1.50 bits per heavy atom. The lowest BCUT2D eigenvalue weighted by atomic mass is 10.7. The number of carbonyl (C=O) groups excluding carboxylic acids is 1. The van der Waals surface area contributed by atoms with Crippen LogP contribution in [0.3, 0.4) is 0 Å². The number of carbonyl (C=O) groups is 2. The van der Waals surface area contributed by atoms with E-state index >= 15 is 0 Å².